The van der Waals surface area contributed by atoms with Gasteiger partial charge in [-0.25, -0.2) is 0 Å². The number of nitrogens with zero attached hydrogens (tertiary/aromatic N) is 2. The van der Waals surface area contributed by atoms with Crippen LogP contribution in [0.1, 0.15) is 20.3 Å². The quantitative estimate of drug-likeness (QED) is 0.623. The highest BCUT2D eigenvalue weighted by Crippen LogP contribution is 2.17. The van der Waals surface area contributed by atoms with Gasteiger partial charge in [0.2, 0.25) is 0 Å². The van der Waals surface area contributed by atoms with Crippen LogP contribution in [0.4, 0.5) is 0 Å². The molecule has 0 fully saturated rings. The van der Waals surface area contributed by atoms with Crippen LogP contribution in [-0.2, 0) is 10.2 Å². The molecule has 16 heavy (non-hydrogen) atoms. The second-order valence-corrected chi connectivity index (χ2v) is 6.48. The largest absolute Gasteiger partial charge is 0.394 e. The molecule has 0 spiro atoms. The van der Waals surface area contributed by atoms with Gasteiger partial charge in [0.05, 0.1) is 12.1 Å². The van der Waals surface area contributed by atoms with Crippen LogP contribution in [0.5, 0.6) is 0 Å². The summed E-state index contributed by atoms with van der Waals surface area (Å²) in [5.41, 5.74) is 4.52. The standard InChI is InChI=1S/C9H23N3O3S/c1-9(2,8-13)12(4)16(14,15)11(3)7-5-6-10/h13H,5-8,10H2,1-4H3. The van der Waals surface area contributed by atoms with Crippen LogP contribution in [0, 0.1) is 0 Å². The van der Waals surface area contributed by atoms with Crippen LogP contribution in [0.3, 0.4) is 0 Å². The minimum atomic E-state index is -3.53. The maximum absolute atomic E-state index is 12.0. The molecule has 0 aliphatic carbocycles. The zero-order valence-corrected chi connectivity index (χ0v) is 11.3. The fraction of sp³-hybridized carbons (Fsp3) is 1.00. The van der Waals surface area contributed by atoms with Gasteiger partial charge in [0.1, 0.15) is 0 Å². The number of aliphatic hydroxyl groups is 1. The Kier molecular flexibility index (Phi) is 5.85. The molecule has 0 aromatic rings. The van der Waals surface area contributed by atoms with E-state index in [1.807, 2.05) is 0 Å². The van der Waals surface area contributed by atoms with Crippen molar-refractivity contribution < 1.29 is 13.5 Å². The summed E-state index contributed by atoms with van der Waals surface area (Å²) in [7, 11) is -0.558. The zero-order valence-electron chi connectivity index (χ0n) is 10.5. The van der Waals surface area contributed by atoms with Crippen LogP contribution in [0.25, 0.3) is 0 Å². The van der Waals surface area contributed by atoms with Gasteiger partial charge in [-0.15, -0.1) is 0 Å². The van der Waals surface area contributed by atoms with Crippen molar-refractivity contribution in [3.05, 3.63) is 0 Å². The highest BCUT2D eigenvalue weighted by molar-refractivity contribution is 7.86. The fourth-order valence-electron chi connectivity index (χ4n) is 1.05. The lowest BCUT2D eigenvalue weighted by Gasteiger charge is -2.35. The summed E-state index contributed by atoms with van der Waals surface area (Å²) in [6.07, 6.45) is 0.614. The predicted octanol–water partition coefficient (Wildman–Crippen LogP) is -0.785. The van der Waals surface area contributed by atoms with Crippen LogP contribution in [-0.4, -0.2) is 61.5 Å². The highest BCUT2D eigenvalue weighted by Gasteiger charge is 2.34. The molecule has 0 saturated carbocycles. The van der Waals surface area contributed by atoms with Gasteiger partial charge in [-0.3, -0.25) is 0 Å². The van der Waals surface area contributed by atoms with Gasteiger partial charge < -0.3 is 10.8 Å². The molecule has 6 nitrogen and oxygen atoms in total. The Morgan fingerprint density at radius 3 is 2.19 bits per heavy atom. The van der Waals surface area contributed by atoms with E-state index in [1.165, 1.54) is 22.7 Å². The first kappa shape index (κ1) is 15.8. The van der Waals surface area contributed by atoms with E-state index in [0.717, 1.165) is 0 Å². The maximum Gasteiger partial charge on any atom is 0.282 e. The topological polar surface area (TPSA) is 86.9 Å². The Hall–Kier alpha value is -0.210. The first-order valence-corrected chi connectivity index (χ1v) is 6.61. The molecule has 3 N–H and O–H groups in total. The summed E-state index contributed by atoms with van der Waals surface area (Å²) in [5, 5.41) is 9.14. The second-order valence-electron chi connectivity index (χ2n) is 4.41. The van der Waals surface area contributed by atoms with Gasteiger partial charge in [-0.2, -0.15) is 17.0 Å². The van der Waals surface area contributed by atoms with E-state index < -0.39 is 15.7 Å². The lowest BCUT2D eigenvalue weighted by molar-refractivity contribution is 0.133. The van der Waals surface area contributed by atoms with E-state index >= 15 is 0 Å². The molecule has 7 heteroatoms. The van der Waals surface area contributed by atoms with Gasteiger partial charge in [0.15, 0.2) is 0 Å². The summed E-state index contributed by atoms with van der Waals surface area (Å²) < 4.78 is 26.5. The molecule has 0 heterocycles. The van der Waals surface area contributed by atoms with Crippen molar-refractivity contribution in [3.8, 4) is 0 Å². The molecule has 0 aromatic carbocycles. The molecular weight excluding hydrogens is 230 g/mol. The lowest BCUT2D eigenvalue weighted by Crippen LogP contribution is -2.52. The van der Waals surface area contributed by atoms with E-state index in [4.69, 9.17) is 10.8 Å². The summed E-state index contributed by atoms with van der Waals surface area (Å²) >= 11 is 0. The number of hydrogen-bond donors (Lipinski definition) is 2. The average molecular weight is 253 g/mol. The smallest absolute Gasteiger partial charge is 0.282 e. The van der Waals surface area contributed by atoms with Crippen molar-refractivity contribution in [3.63, 3.8) is 0 Å². The van der Waals surface area contributed by atoms with Gasteiger partial charge in [-0.1, -0.05) is 0 Å². The normalized spacial score (nSPS) is 13.8. The molecular formula is C9H23N3O3S. The third-order valence-corrected chi connectivity index (χ3v) is 4.81. The molecule has 98 valence electrons. The number of rotatable bonds is 7. The van der Waals surface area contributed by atoms with Crippen LogP contribution < -0.4 is 5.73 Å². The number of aliphatic hydroxyl groups excluding tert-OH is 1. The van der Waals surface area contributed by atoms with E-state index in [-0.39, 0.29) is 6.61 Å². The fourth-order valence-corrected chi connectivity index (χ4v) is 2.51. The van der Waals surface area contributed by atoms with Crippen molar-refractivity contribution in [2.24, 2.45) is 5.73 Å². The van der Waals surface area contributed by atoms with Crippen LogP contribution in [0.2, 0.25) is 0 Å². The second kappa shape index (κ2) is 5.92. The minimum Gasteiger partial charge on any atom is -0.394 e. The molecule has 0 aliphatic rings. The number of hydrogen-bond acceptors (Lipinski definition) is 4. The molecule has 0 rings (SSSR count). The maximum atomic E-state index is 12.0. The molecule has 0 bridgehead atoms. The SMILES string of the molecule is CN(CCCN)S(=O)(=O)N(C)C(C)(C)CO. The summed E-state index contributed by atoms with van der Waals surface area (Å²) in [6, 6.07) is 0. The van der Waals surface area contributed by atoms with E-state index in [1.54, 1.807) is 13.8 Å². The van der Waals surface area contributed by atoms with Gasteiger partial charge in [0.25, 0.3) is 10.2 Å². The predicted molar refractivity (Wildman–Crippen MR) is 64.1 cm³/mol. The lowest BCUT2D eigenvalue weighted by atomic mass is 10.1. The first-order valence-electron chi connectivity index (χ1n) is 5.21. The minimum absolute atomic E-state index is 0.229. The van der Waals surface area contributed by atoms with E-state index in [0.29, 0.717) is 19.5 Å². The molecule has 0 atom stereocenters. The molecule has 0 amide bonds. The van der Waals surface area contributed by atoms with E-state index in [9.17, 15) is 8.42 Å². The number of nitrogens with two attached hydrogens (primary N) is 1. The average Bonchev–Trinajstić information content (AvgIpc) is 2.24. The molecule has 0 aromatic heterocycles. The third-order valence-electron chi connectivity index (χ3n) is 2.66. The summed E-state index contributed by atoms with van der Waals surface area (Å²) in [6.45, 7) is 3.94. The Morgan fingerprint density at radius 1 is 1.31 bits per heavy atom. The Labute approximate surface area is 98.2 Å². The Morgan fingerprint density at radius 2 is 1.81 bits per heavy atom. The van der Waals surface area contributed by atoms with Crippen LogP contribution in [0.15, 0.2) is 0 Å². The van der Waals surface area contributed by atoms with Gasteiger partial charge >= 0.3 is 0 Å². The monoisotopic (exact) mass is 253 g/mol. The Balaban J connectivity index is 4.78. The van der Waals surface area contributed by atoms with Gasteiger partial charge in [0, 0.05) is 20.6 Å². The highest BCUT2D eigenvalue weighted by atomic mass is 32.2. The first-order chi connectivity index (χ1) is 7.20. The third kappa shape index (κ3) is 3.67. The van der Waals surface area contributed by atoms with Crippen molar-refractivity contribution in [1.29, 1.82) is 0 Å². The molecule has 0 unspecified atom stereocenters. The molecule has 0 radical (unpaired) electrons. The van der Waals surface area contributed by atoms with Crippen LogP contribution >= 0.6 is 0 Å². The summed E-state index contributed by atoms with van der Waals surface area (Å²) in [5.74, 6) is 0. The van der Waals surface area contributed by atoms with E-state index in [2.05, 4.69) is 0 Å². The van der Waals surface area contributed by atoms with Crippen molar-refractivity contribution in [1.82, 2.24) is 8.61 Å². The van der Waals surface area contributed by atoms with Gasteiger partial charge in [-0.05, 0) is 26.8 Å². The zero-order chi connectivity index (χ0) is 13.0. The van der Waals surface area contributed by atoms with Crippen molar-refractivity contribution >= 4 is 10.2 Å². The summed E-state index contributed by atoms with van der Waals surface area (Å²) in [4.78, 5) is 0. The molecule has 0 saturated heterocycles. The van der Waals surface area contributed by atoms with Crippen molar-refractivity contribution in [2.75, 3.05) is 33.8 Å². The number of likely N-dealkylation sites (N-methyl/N-ethyl adjacent to an activating group) is 1. The van der Waals surface area contributed by atoms with Crippen molar-refractivity contribution in [2.45, 2.75) is 25.8 Å². The molecule has 0 aliphatic heterocycles. The Bertz CT molecular complexity index is 303.